The van der Waals surface area contributed by atoms with Crippen molar-refractivity contribution in [3.8, 4) is 0 Å². The summed E-state index contributed by atoms with van der Waals surface area (Å²) in [7, 11) is 0. The van der Waals surface area contributed by atoms with Crippen molar-refractivity contribution in [3.63, 3.8) is 0 Å². The molecule has 0 aromatic heterocycles. The van der Waals surface area contributed by atoms with Crippen molar-refractivity contribution >= 4 is 29.9 Å². The van der Waals surface area contributed by atoms with Crippen LogP contribution in [0.5, 0.6) is 0 Å². The van der Waals surface area contributed by atoms with Gasteiger partial charge in [-0.3, -0.25) is 4.99 Å². The average molecular weight is 469 g/mol. The molecule has 0 radical (unpaired) electrons. The quantitative estimate of drug-likeness (QED) is 0.187. The van der Waals surface area contributed by atoms with E-state index < -0.39 is 0 Å². The third-order valence-corrected chi connectivity index (χ3v) is 4.85. The van der Waals surface area contributed by atoms with E-state index in [4.69, 9.17) is 9.73 Å². The zero-order chi connectivity index (χ0) is 17.7. The van der Waals surface area contributed by atoms with Crippen LogP contribution in [0.3, 0.4) is 0 Å². The molecule has 5 nitrogen and oxygen atoms in total. The molecule has 0 saturated heterocycles. The van der Waals surface area contributed by atoms with Crippen molar-refractivity contribution in [2.45, 2.75) is 65.7 Å². The molecule has 0 aliphatic heterocycles. The second-order valence-corrected chi connectivity index (χ2v) is 7.45. The number of aliphatic imine (C=N–C) groups is 1. The Kier molecular flexibility index (Phi) is 15.0. The van der Waals surface area contributed by atoms with Gasteiger partial charge in [0.25, 0.3) is 0 Å². The van der Waals surface area contributed by atoms with E-state index in [1.54, 1.807) is 0 Å². The number of ether oxygens (including phenoxy) is 1. The molecule has 0 spiro atoms. The van der Waals surface area contributed by atoms with E-state index in [1.165, 1.54) is 32.1 Å². The van der Waals surface area contributed by atoms with Crippen LogP contribution in [0.15, 0.2) is 4.99 Å². The summed E-state index contributed by atoms with van der Waals surface area (Å²) in [5.74, 6) is 1.56. The van der Waals surface area contributed by atoms with E-state index in [-0.39, 0.29) is 36.0 Å². The summed E-state index contributed by atoms with van der Waals surface area (Å²) in [6, 6.07) is 0. The molecular weight excluding hydrogens is 429 g/mol. The molecule has 0 heterocycles. The van der Waals surface area contributed by atoms with Crippen LogP contribution in [0.25, 0.3) is 0 Å². The van der Waals surface area contributed by atoms with Gasteiger partial charge >= 0.3 is 0 Å². The first kappa shape index (κ1) is 24.9. The van der Waals surface area contributed by atoms with Gasteiger partial charge in [0.2, 0.25) is 0 Å². The molecule has 25 heavy (non-hydrogen) atoms. The molecule has 0 aromatic carbocycles. The smallest absolute Gasteiger partial charge is 0.191 e. The van der Waals surface area contributed by atoms with Gasteiger partial charge in [0, 0.05) is 32.8 Å². The third-order valence-electron chi connectivity index (χ3n) is 4.85. The largest absolute Gasteiger partial charge is 0.396 e. The number of aliphatic hydroxyl groups excluding tert-OH is 1. The van der Waals surface area contributed by atoms with Gasteiger partial charge < -0.3 is 20.5 Å². The van der Waals surface area contributed by atoms with Crippen LogP contribution < -0.4 is 10.6 Å². The lowest BCUT2D eigenvalue weighted by molar-refractivity contribution is 0.127. The second kappa shape index (κ2) is 15.0. The first-order chi connectivity index (χ1) is 11.6. The van der Waals surface area contributed by atoms with Crippen LogP contribution in [0, 0.1) is 11.3 Å². The van der Waals surface area contributed by atoms with E-state index in [0.717, 1.165) is 45.0 Å². The summed E-state index contributed by atoms with van der Waals surface area (Å²) in [6.07, 6.45) is 8.21. The number of hydrogen-bond donors (Lipinski definition) is 3. The van der Waals surface area contributed by atoms with Crippen molar-refractivity contribution in [1.82, 2.24) is 10.6 Å². The molecular formula is C19H40IN3O2. The summed E-state index contributed by atoms with van der Waals surface area (Å²) in [5, 5.41) is 16.1. The van der Waals surface area contributed by atoms with Crippen molar-refractivity contribution in [3.05, 3.63) is 0 Å². The molecule has 0 unspecified atom stereocenters. The maximum Gasteiger partial charge on any atom is 0.191 e. The molecule has 3 N–H and O–H groups in total. The third kappa shape index (κ3) is 11.3. The van der Waals surface area contributed by atoms with Gasteiger partial charge in [-0.25, -0.2) is 0 Å². The second-order valence-electron chi connectivity index (χ2n) is 7.45. The maximum atomic E-state index is 9.42. The molecule has 1 saturated carbocycles. The van der Waals surface area contributed by atoms with Crippen molar-refractivity contribution < 1.29 is 9.84 Å². The number of rotatable bonds is 11. The Labute approximate surface area is 171 Å². The van der Waals surface area contributed by atoms with Gasteiger partial charge in [0.1, 0.15) is 0 Å². The van der Waals surface area contributed by atoms with E-state index in [2.05, 4.69) is 31.4 Å². The Balaban J connectivity index is 0.00000576. The monoisotopic (exact) mass is 469 g/mol. The molecule has 1 rings (SSSR count). The Morgan fingerprint density at radius 1 is 1.16 bits per heavy atom. The molecule has 0 aromatic rings. The van der Waals surface area contributed by atoms with E-state index in [9.17, 15) is 5.11 Å². The summed E-state index contributed by atoms with van der Waals surface area (Å²) in [5.41, 5.74) is 0.198. The highest BCUT2D eigenvalue weighted by Crippen LogP contribution is 2.39. The van der Waals surface area contributed by atoms with Gasteiger partial charge in [-0.2, -0.15) is 0 Å². The molecule has 0 bridgehead atoms. The molecule has 1 fully saturated rings. The fraction of sp³-hybridized carbons (Fsp3) is 0.947. The SMILES string of the molecule is CCNC(=NCC1(CCO)CCCCC1)NCCOCCC(C)C.I. The van der Waals surface area contributed by atoms with E-state index in [1.807, 2.05) is 0 Å². The van der Waals surface area contributed by atoms with Crippen LogP contribution in [0.4, 0.5) is 0 Å². The van der Waals surface area contributed by atoms with Crippen LogP contribution >= 0.6 is 24.0 Å². The minimum absolute atomic E-state index is 0. The molecule has 1 aliphatic carbocycles. The van der Waals surface area contributed by atoms with Gasteiger partial charge in [0.05, 0.1) is 6.61 Å². The lowest BCUT2D eigenvalue weighted by atomic mass is 9.72. The summed E-state index contributed by atoms with van der Waals surface area (Å²) in [4.78, 5) is 4.80. The normalized spacial score (nSPS) is 17.2. The van der Waals surface area contributed by atoms with Crippen molar-refractivity contribution in [2.75, 3.05) is 39.5 Å². The fourth-order valence-electron chi connectivity index (χ4n) is 3.28. The molecule has 1 aliphatic rings. The molecule has 150 valence electrons. The first-order valence-corrected chi connectivity index (χ1v) is 9.82. The van der Waals surface area contributed by atoms with Gasteiger partial charge in [-0.05, 0) is 43.9 Å². The summed E-state index contributed by atoms with van der Waals surface area (Å²) < 4.78 is 5.65. The number of nitrogens with zero attached hydrogens (tertiary/aromatic N) is 1. The van der Waals surface area contributed by atoms with Crippen LogP contribution in [-0.4, -0.2) is 50.5 Å². The highest BCUT2D eigenvalue weighted by atomic mass is 127. The zero-order valence-electron chi connectivity index (χ0n) is 16.5. The summed E-state index contributed by atoms with van der Waals surface area (Å²) >= 11 is 0. The Morgan fingerprint density at radius 2 is 1.88 bits per heavy atom. The average Bonchev–Trinajstić information content (AvgIpc) is 2.56. The maximum absolute atomic E-state index is 9.42. The highest BCUT2D eigenvalue weighted by molar-refractivity contribution is 14.0. The standard InChI is InChI=1S/C19H39N3O2.HI/c1-4-20-18(21-12-15-24-14-8-17(2)3)22-16-19(11-13-23)9-6-5-7-10-19;/h17,23H,4-16H2,1-3H3,(H2,20,21,22);1H. The number of hydrogen-bond acceptors (Lipinski definition) is 3. The number of guanidine groups is 1. The van der Waals surface area contributed by atoms with Crippen LogP contribution in [-0.2, 0) is 4.74 Å². The van der Waals surface area contributed by atoms with E-state index in [0.29, 0.717) is 12.5 Å². The minimum atomic E-state index is 0. The van der Waals surface area contributed by atoms with Crippen molar-refractivity contribution in [2.24, 2.45) is 16.3 Å². The van der Waals surface area contributed by atoms with Crippen molar-refractivity contribution in [1.29, 1.82) is 0 Å². The molecule has 0 atom stereocenters. The lowest BCUT2D eigenvalue weighted by Gasteiger charge is -2.35. The topological polar surface area (TPSA) is 65.9 Å². The Bertz CT molecular complexity index is 340. The predicted molar refractivity (Wildman–Crippen MR) is 117 cm³/mol. The fourth-order valence-corrected chi connectivity index (χ4v) is 3.28. The Morgan fingerprint density at radius 3 is 2.48 bits per heavy atom. The lowest BCUT2D eigenvalue weighted by Crippen LogP contribution is -2.40. The minimum Gasteiger partial charge on any atom is -0.396 e. The number of aliphatic hydroxyl groups is 1. The van der Waals surface area contributed by atoms with Gasteiger partial charge in [-0.1, -0.05) is 33.1 Å². The van der Waals surface area contributed by atoms with E-state index >= 15 is 0 Å². The molecule has 6 heteroatoms. The number of halogens is 1. The highest BCUT2D eigenvalue weighted by Gasteiger charge is 2.31. The van der Waals surface area contributed by atoms with Crippen LogP contribution in [0.2, 0.25) is 0 Å². The first-order valence-electron chi connectivity index (χ1n) is 9.82. The van der Waals surface area contributed by atoms with Crippen LogP contribution in [0.1, 0.15) is 65.7 Å². The predicted octanol–water partition coefficient (Wildman–Crippen LogP) is 3.56. The number of nitrogens with one attached hydrogen (secondary N) is 2. The van der Waals surface area contributed by atoms with Gasteiger partial charge in [0.15, 0.2) is 5.96 Å². The summed E-state index contributed by atoms with van der Waals surface area (Å²) in [6.45, 7) is 10.7. The van der Waals surface area contributed by atoms with Gasteiger partial charge in [-0.15, -0.1) is 24.0 Å². The Hall–Kier alpha value is -0.0800. The zero-order valence-corrected chi connectivity index (χ0v) is 18.8. The molecule has 0 amide bonds.